The van der Waals surface area contributed by atoms with Crippen LogP contribution in [0.5, 0.6) is 0 Å². The minimum Gasteiger partial charge on any atom is -0.380 e. The number of aliphatic hydroxyl groups is 1. The number of alkyl halides is 2. The molecular formula is C11H12F2O. The van der Waals surface area contributed by atoms with Crippen molar-refractivity contribution in [2.45, 2.75) is 19.0 Å². The summed E-state index contributed by atoms with van der Waals surface area (Å²) in [5.74, 6) is 0. The highest BCUT2D eigenvalue weighted by Crippen LogP contribution is 2.17. The zero-order chi connectivity index (χ0) is 10.6. The van der Waals surface area contributed by atoms with Gasteiger partial charge in [-0.15, -0.1) is 0 Å². The zero-order valence-electron chi connectivity index (χ0n) is 7.82. The van der Waals surface area contributed by atoms with E-state index < -0.39 is 12.0 Å². The van der Waals surface area contributed by atoms with Gasteiger partial charge in [0.05, 0.1) is 0 Å². The van der Waals surface area contributed by atoms with Crippen LogP contribution < -0.4 is 0 Å². The zero-order valence-corrected chi connectivity index (χ0v) is 7.82. The Morgan fingerprint density at radius 1 is 1.29 bits per heavy atom. The molecule has 0 bridgehead atoms. The topological polar surface area (TPSA) is 20.2 Å². The summed E-state index contributed by atoms with van der Waals surface area (Å²) in [5, 5.41) is 9.22. The molecule has 0 spiro atoms. The Labute approximate surface area is 81.7 Å². The van der Waals surface area contributed by atoms with Crippen LogP contribution in [0.1, 0.15) is 12.5 Å². The third kappa shape index (κ3) is 2.92. The summed E-state index contributed by atoms with van der Waals surface area (Å²) in [6.07, 6.45) is -0.193. The fraction of sp³-hybridized carbons (Fsp3) is 0.273. The summed E-state index contributed by atoms with van der Waals surface area (Å²) in [7, 11) is 0. The Hall–Kier alpha value is -1.22. The minimum absolute atomic E-state index is 0.786. The van der Waals surface area contributed by atoms with E-state index in [0.717, 1.165) is 18.6 Å². The molecule has 1 rings (SSSR count). The molecule has 3 heteroatoms. The van der Waals surface area contributed by atoms with Crippen molar-refractivity contribution in [3.8, 4) is 0 Å². The molecule has 0 aliphatic heterocycles. The molecule has 1 aromatic rings. The molecule has 0 aliphatic carbocycles. The summed E-state index contributed by atoms with van der Waals surface area (Å²) >= 11 is 0. The fourth-order valence-corrected chi connectivity index (χ4v) is 0.902. The van der Waals surface area contributed by atoms with Gasteiger partial charge in [0.1, 0.15) is 5.60 Å². The molecule has 1 atom stereocenters. The summed E-state index contributed by atoms with van der Waals surface area (Å²) in [4.78, 5) is 0. The van der Waals surface area contributed by atoms with Crippen LogP contribution in [0.15, 0.2) is 36.4 Å². The van der Waals surface area contributed by atoms with Crippen LogP contribution in [-0.2, 0) is 0 Å². The van der Waals surface area contributed by atoms with Crippen molar-refractivity contribution >= 4 is 6.08 Å². The van der Waals surface area contributed by atoms with Gasteiger partial charge in [0.15, 0.2) is 0 Å². The van der Waals surface area contributed by atoms with E-state index in [1.54, 1.807) is 24.3 Å². The van der Waals surface area contributed by atoms with Gasteiger partial charge < -0.3 is 5.11 Å². The van der Waals surface area contributed by atoms with Crippen LogP contribution in [0.25, 0.3) is 6.08 Å². The van der Waals surface area contributed by atoms with Crippen LogP contribution in [0.2, 0.25) is 0 Å². The maximum absolute atomic E-state index is 12.2. The molecule has 1 aromatic carbocycles. The Kier molecular flexibility index (Phi) is 3.36. The van der Waals surface area contributed by atoms with E-state index in [1.807, 2.05) is 6.07 Å². The molecular weight excluding hydrogens is 186 g/mol. The lowest BCUT2D eigenvalue weighted by Gasteiger charge is -2.16. The largest absolute Gasteiger partial charge is 0.380 e. The Balaban J connectivity index is 2.74. The van der Waals surface area contributed by atoms with Crippen molar-refractivity contribution in [3.63, 3.8) is 0 Å². The van der Waals surface area contributed by atoms with Crippen molar-refractivity contribution < 1.29 is 13.9 Å². The van der Waals surface area contributed by atoms with E-state index in [4.69, 9.17) is 0 Å². The predicted octanol–water partition coefficient (Wildman–Crippen LogP) is 2.72. The molecule has 0 radical (unpaired) electrons. The number of hydrogen-bond acceptors (Lipinski definition) is 1. The van der Waals surface area contributed by atoms with Crippen molar-refractivity contribution in [1.29, 1.82) is 0 Å². The van der Waals surface area contributed by atoms with Gasteiger partial charge in [-0.1, -0.05) is 36.4 Å². The molecule has 0 heterocycles. The van der Waals surface area contributed by atoms with E-state index in [9.17, 15) is 13.9 Å². The summed E-state index contributed by atoms with van der Waals surface area (Å²) in [6, 6.07) is 8.99. The molecule has 14 heavy (non-hydrogen) atoms. The summed E-state index contributed by atoms with van der Waals surface area (Å²) in [6.45, 7) is 1.08. The van der Waals surface area contributed by atoms with Gasteiger partial charge in [-0.3, -0.25) is 0 Å². The van der Waals surface area contributed by atoms with Crippen molar-refractivity contribution in [3.05, 3.63) is 42.0 Å². The molecule has 0 aliphatic rings. The van der Waals surface area contributed by atoms with Crippen LogP contribution in [0.3, 0.4) is 0 Å². The quantitative estimate of drug-likeness (QED) is 0.791. The lowest BCUT2D eigenvalue weighted by Crippen LogP contribution is -2.30. The van der Waals surface area contributed by atoms with Gasteiger partial charge in [0.2, 0.25) is 0 Å². The maximum atomic E-state index is 12.2. The van der Waals surface area contributed by atoms with Crippen LogP contribution >= 0.6 is 0 Å². The predicted molar refractivity (Wildman–Crippen MR) is 52.1 cm³/mol. The van der Waals surface area contributed by atoms with Crippen molar-refractivity contribution in [1.82, 2.24) is 0 Å². The highest BCUT2D eigenvalue weighted by atomic mass is 19.3. The Morgan fingerprint density at radius 3 is 2.36 bits per heavy atom. The van der Waals surface area contributed by atoms with E-state index >= 15 is 0 Å². The standard InChI is InChI=1S/C11H12F2O/c1-11(14,10(12)13)8-7-9-5-3-2-4-6-9/h2-8,10,14H,1H3/b8-7+. The van der Waals surface area contributed by atoms with E-state index in [2.05, 4.69) is 0 Å². The number of rotatable bonds is 3. The van der Waals surface area contributed by atoms with Crippen LogP contribution in [0, 0.1) is 0 Å². The molecule has 1 nitrogen and oxygen atoms in total. The first kappa shape index (κ1) is 10.9. The third-order valence-electron chi connectivity index (χ3n) is 1.85. The van der Waals surface area contributed by atoms with Gasteiger partial charge >= 0.3 is 0 Å². The monoisotopic (exact) mass is 198 g/mol. The molecule has 0 aromatic heterocycles. The molecule has 0 saturated heterocycles. The SMILES string of the molecule is CC(O)(/C=C/c1ccccc1)C(F)F. The van der Waals surface area contributed by atoms with Crippen LogP contribution in [0.4, 0.5) is 8.78 Å². The van der Waals surface area contributed by atoms with E-state index in [0.29, 0.717) is 0 Å². The molecule has 1 N–H and O–H groups in total. The molecule has 76 valence electrons. The first-order valence-electron chi connectivity index (χ1n) is 4.27. The highest BCUT2D eigenvalue weighted by Gasteiger charge is 2.28. The van der Waals surface area contributed by atoms with E-state index in [-0.39, 0.29) is 0 Å². The number of halogens is 2. The van der Waals surface area contributed by atoms with Crippen molar-refractivity contribution in [2.75, 3.05) is 0 Å². The smallest absolute Gasteiger partial charge is 0.270 e. The molecule has 0 saturated carbocycles. The maximum Gasteiger partial charge on any atom is 0.270 e. The van der Waals surface area contributed by atoms with Gasteiger partial charge in [-0.05, 0) is 18.6 Å². The van der Waals surface area contributed by atoms with Crippen molar-refractivity contribution in [2.24, 2.45) is 0 Å². The minimum atomic E-state index is -2.78. The third-order valence-corrected chi connectivity index (χ3v) is 1.85. The normalized spacial score (nSPS) is 16.1. The Morgan fingerprint density at radius 2 is 1.86 bits per heavy atom. The van der Waals surface area contributed by atoms with E-state index in [1.165, 1.54) is 6.08 Å². The second kappa shape index (κ2) is 4.33. The molecule has 0 fully saturated rings. The summed E-state index contributed by atoms with van der Waals surface area (Å²) in [5.41, 5.74) is -1.27. The average molecular weight is 198 g/mol. The van der Waals surface area contributed by atoms with Gasteiger partial charge in [-0.2, -0.15) is 0 Å². The number of hydrogen-bond donors (Lipinski definition) is 1. The fourth-order valence-electron chi connectivity index (χ4n) is 0.902. The summed E-state index contributed by atoms with van der Waals surface area (Å²) < 4.78 is 24.4. The first-order chi connectivity index (χ1) is 6.52. The molecule has 0 amide bonds. The average Bonchev–Trinajstić information content (AvgIpc) is 2.16. The van der Waals surface area contributed by atoms with Gasteiger partial charge in [0.25, 0.3) is 6.43 Å². The number of benzene rings is 1. The second-order valence-electron chi connectivity index (χ2n) is 3.27. The first-order valence-corrected chi connectivity index (χ1v) is 4.27. The van der Waals surface area contributed by atoms with Gasteiger partial charge in [0, 0.05) is 0 Å². The lowest BCUT2D eigenvalue weighted by atomic mass is 10.1. The van der Waals surface area contributed by atoms with Gasteiger partial charge in [-0.25, -0.2) is 8.78 Å². The lowest BCUT2D eigenvalue weighted by molar-refractivity contribution is -0.0481. The van der Waals surface area contributed by atoms with Crippen LogP contribution in [-0.4, -0.2) is 17.1 Å². The second-order valence-corrected chi connectivity index (χ2v) is 3.27. The molecule has 1 unspecified atom stereocenters. The Bertz CT molecular complexity index is 304. The highest BCUT2D eigenvalue weighted by molar-refractivity contribution is 5.50.